The van der Waals surface area contributed by atoms with Crippen molar-refractivity contribution in [3.05, 3.63) is 66.2 Å². The number of carbonyl (C=O) groups excluding carboxylic acids is 1. The van der Waals surface area contributed by atoms with E-state index in [4.69, 9.17) is 4.74 Å². The van der Waals surface area contributed by atoms with Gasteiger partial charge in [0.2, 0.25) is 0 Å². The molecule has 19 heavy (non-hydrogen) atoms. The molecule has 2 rings (SSSR count). The molecule has 0 unspecified atom stereocenters. The summed E-state index contributed by atoms with van der Waals surface area (Å²) in [6.07, 6.45) is 0. The summed E-state index contributed by atoms with van der Waals surface area (Å²) in [6, 6.07) is 19.2. The van der Waals surface area contributed by atoms with Gasteiger partial charge in [0.15, 0.2) is 0 Å². The number of ether oxygens (including phenoxy) is 1. The average molecular weight is 255 g/mol. The van der Waals surface area contributed by atoms with Crippen LogP contribution in [0, 0.1) is 0 Å². The Kier molecular flexibility index (Phi) is 4.70. The van der Waals surface area contributed by atoms with Crippen LogP contribution in [0.4, 0.5) is 0 Å². The molecule has 0 saturated carbocycles. The molecule has 98 valence electrons. The highest BCUT2D eigenvalue weighted by Gasteiger charge is 2.08. The molecular formula is C16H17NO2. The zero-order chi connectivity index (χ0) is 13.5. The topological polar surface area (TPSA) is 38.3 Å². The predicted molar refractivity (Wildman–Crippen MR) is 74.9 cm³/mol. The molecule has 0 heterocycles. The molecule has 0 amide bonds. The SMILES string of the molecule is C[C@H](NCC(=O)Oc1ccccc1)c1ccccc1. The van der Waals surface area contributed by atoms with Gasteiger partial charge in [0.1, 0.15) is 5.75 Å². The van der Waals surface area contributed by atoms with Crippen molar-refractivity contribution in [1.82, 2.24) is 5.32 Å². The van der Waals surface area contributed by atoms with Crippen LogP contribution >= 0.6 is 0 Å². The highest BCUT2D eigenvalue weighted by molar-refractivity contribution is 5.74. The van der Waals surface area contributed by atoms with Crippen molar-refractivity contribution in [2.24, 2.45) is 0 Å². The van der Waals surface area contributed by atoms with Gasteiger partial charge >= 0.3 is 5.97 Å². The first kappa shape index (κ1) is 13.3. The molecule has 3 nitrogen and oxygen atoms in total. The molecule has 1 N–H and O–H groups in total. The van der Waals surface area contributed by atoms with Gasteiger partial charge in [0.25, 0.3) is 0 Å². The lowest BCUT2D eigenvalue weighted by molar-refractivity contribution is -0.133. The number of hydrogen-bond donors (Lipinski definition) is 1. The molecule has 3 heteroatoms. The Morgan fingerprint density at radius 1 is 1.05 bits per heavy atom. The molecule has 0 fully saturated rings. The summed E-state index contributed by atoms with van der Waals surface area (Å²) >= 11 is 0. The summed E-state index contributed by atoms with van der Waals surface area (Å²) < 4.78 is 5.20. The maximum Gasteiger partial charge on any atom is 0.325 e. The van der Waals surface area contributed by atoms with Crippen LogP contribution in [0.15, 0.2) is 60.7 Å². The van der Waals surface area contributed by atoms with Gasteiger partial charge in [-0.3, -0.25) is 4.79 Å². The van der Waals surface area contributed by atoms with Crippen LogP contribution < -0.4 is 10.1 Å². The molecule has 0 aliphatic rings. The molecule has 1 atom stereocenters. The Hall–Kier alpha value is -2.13. The van der Waals surface area contributed by atoms with Crippen LogP contribution in [0.5, 0.6) is 5.75 Å². The summed E-state index contributed by atoms with van der Waals surface area (Å²) in [5.74, 6) is 0.288. The molecular weight excluding hydrogens is 238 g/mol. The zero-order valence-corrected chi connectivity index (χ0v) is 10.9. The highest BCUT2D eigenvalue weighted by atomic mass is 16.5. The van der Waals surface area contributed by atoms with Gasteiger partial charge in [0, 0.05) is 6.04 Å². The third-order valence-corrected chi connectivity index (χ3v) is 2.83. The zero-order valence-electron chi connectivity index (χ0n) is 10.9. The number of carbonyl (C=O) groups is 1. The third kappa shape index (κ3) is 4.23. The van der Waals surface area contributed by atoms with Crippen molar-refractivity contribution in [2.75, 3.05) is 6.54 Å². The first-order valence-electron chi connectivity index (χ1n) is 6.30. The Balaban J connectivity index is 1.81. The van der Waals surface area contributed by atoms with Crippen molar-refractivity contribution < 1.29 is 9.53 Å². The van der Waals surface area contributed by atoms with Gasteiger partial charge in [0.05, 0.1) is 6.54 Å². The van der Waals surface area contributed by atoms with Crippen LogP contribution in [-0.4, -0.2) is 12.5 Å². The lowest BCUT2D eigenvalue weighted by atomic mass is 10.1. The Morgan fingerprint density at radius 3 is 2.26 bits per heavy atom. The summed E-state index contributed by atoms with van der Waals surface area (Å²) in [4.78, 5) is 11.7. The number of para-hydroxylation sites is 1. The molecule has 0 saturated heterocycles. The van der Waals surface area contributed by atoms with Gasteiger partial charge < -0.3 is 10.1 Å². The van der Waals surface area contributed by atoms with Gasteiger partial charge in [-0.1, -0.05) is 48.5 Å². The normalized spacial score (nSPS) is 11.8. The first-order chi connectivity index (χ1) is 9.25. The van der Waals surface area contributed by atoms with E-state index < -0.39 is 0 Å². The smallest absolute Gasteiger partial charge is 0.325 e. The van der Waals surface area contributed by atoms with E-state index in [2.05, 4.69) is 5.32 Å². The van der Waals surface area contributed by atoms with E-state index in [1.165, 1.54) is 0 Å². The molecule has 2 aromatic carbocycles. The van der Waals surface area contributed by atoms with Crippen LogP contribution in [0.1, 0.15) is 18.5 Å². The fraction of sp³-hybridized carbons (Fsp3) is 0.188. The Labute approximate surface area is 113 Å². The number of rotatable bonds is 5. The van der Waals surface area contributed by atoms with Gasteiger partial charge in [-0.25, -0.2) is 0 Å². The molecule has 0 spiro atoms. The van der Waals surface area contributed by atoms with Crippen LogP contribution in [0.2, 0.25) is 0 Å². The van der Waals surface area contributed by atoms with Crippen molar-refractivity contribution in [3.8, 4) is 5.75 Å². The van der Waals surface area contributed by atoms with Crippen molar-refractivity contribution in [2.45, 2.75) is 13.0 Å². The maximum atomic E-state index is 11.7. The monoisotopic (exact) mass is 255 g/mol. The van der Waals surface area contributed by atoms with E-state index >= 15 is 0 Å². The quantitative estimate of drug-likeness (QED) is 0.659. The highest BCUT2D eigenvalue weighted by Crippen LogP contribution is 2.11. The van der Waals surface area contributed by atoms with E-state index in [1.54, 1.807) is 12.1 Å². The van der Waals surface area contributed by atoms with E-state index in [0.717, 1.165) is 5.56 Å². The van der Waals surface area contributed by atoms with Gasteiger partial charge in [-0.05, 0) is 24.6 Å². The fourth-order valence-electron chi connectivity index (χ4n) is 1.75. The van der Waals surface area contributed by atoms with E-state index in [9.17, 15) is 4.79 Å². The van der Waals surface area contributed by atoms with Crippen LogP contribution in [0.3, 0.4) is 0 Å². The first-order valence-corrected chi connectivity index (χ1v) is 6.30. The predicted octanol–water partition coefficient (Wildman–Crippen LogP) is 2.94. The number of esters is 1. The lowest BCUT2D eigenvalue weighted by Gasteiger charge is -2.13. The van der Waals surface area contributed by atoms with Crippen molar-refractivity contribution in [1.29, 1.82) is 0 Å². The van der Waals surface area contributed by atoms with E-state index in [-0.39, 0.29) is 18.6 Å². The largest absolute Gasteiger partial charge is 0.426 e. The summed E-state index contributed by atoms with van der Waals surface area (Å²) in [6.45, 7) is 2.20. The second-order valence-corrected chi connectivity index (χ2v) is 4.30. The second-order valence-electron chi connectivity index (χ2n) is 4.30. The summed E-state index contributed by atoms with van der Waals surface area (Å²) in [5.41, 5.74) is 1.15. The molecule has 0 aliphatic heterocycles. The number of nitrogens with one attached hydrogen (secondary N) is 1. The average Bonchev–Trinajstić information content (AvgIpc) is 2.47. The molecule has 0 bridgehead atoms. The Morgan fingerprint density at radius 2 is 1.63 bits per heavy atom. The Bertz CT molecular complexity index is 511. The summed E-state index contributed by atoms with van der Waals surface area (Å²) in [5, 5.41) is 3.14. The fourth-order valence-corrected chi connectivity index (χ4v) is 1.75. The standard InChI is InChI=1S/C16H17NO2/c1-13(14-8-4-2-5-9-14)17-12-16(18)19-15-10-6-3-7-11-15/h2-11,13,17H,12H2,1H3/t13-/m0/s1. The van der Waals surface area contributed by atoms with Gasteiger partial charge in [-0.2, -0.15) is 0 Å². The second kappa shape index (κ2) is 6.71. The molecule has 2 aromatic rings. The van der Waals surface area contributed by atoms with E-state index in [0.29, 0.717) is 5.75 Å². The van der Waals surface area contributed by atoms with Gasteiger partial charge in [-0.15, -0.1) is 0 Å². The number of hydrogen-bond acceptors (Lipinski definition) is 3. The lowest BCUT2D eigenvalue weighted by Crippen LogP contribution is -2.28. The van der Waals surface area contributed by atoms with Crippen molar-refractivity contribution >= 4 is 5.97 Å². The van der Waals surface area contributed by atoms with E-state index in [1.807, 2.05) is 55.5 Å². The number of benzene rings is 2. The van der Waals surface area contributed by atoms with Crippen molar-refractivity contribution in [3.63, 3.8) is 0 Å². The minimum Gasteiger partial charge on any atom is -0.426 e. The van der Waals surface area contributed by atoms with Crippen LogP contribution in [-0.2, 0) is 4.79 Å². The minimum atomic E-state index is -0.283. The molecule has 0 aromatic heterocycles. The van der Waals surface area contributed by atoms with Crippen LogP contribution in [0.25, 0.3) is 0 Å². The molecule has 0 radical (unpaired) electrons. The summed E-state index contributed by atoms with van der Waals surface area (Å²) in [7, 11) is 0. The minimum absolute atomic E-state index is 0.115. The maximum absolute atomic E-state index is 11.7. The third-order valence-electron chi connectivity index (χ3n) is 2.83. The molecule has 0 aliphatic carbocycles.